The van der Waals surface area contributed by atoms with Gasteiger partial charge in [0, 0.05) is 36.7 Å². The lowest BCUT2D eigenvalue weighted by atomic mass is 9.76. The van der Waals surface area contributed by atoms with Gasteiger partial charge in [-0.25, -0.2) is 13.8 Å². The van der Waals surface area contributed by atoms with Crippen molar-refractivity contribution in [1.82, 2.24) is 25.2 Å². The van der Waals surface area contributed by atoms with E-state index in [0.29, 0.717) is 38.1 Å². The summed E-state index contributed by atoms with van der Waals surface area (Å²) in [6.07, 6.45) is -0.362. The predicted octanol–water partition coefficient (Wildman–Crippen LogP) is 5.08. The summed E-state index contributed by atoms with van der Waals surface area (Å²) >= 11 is 0. The number of aromatic nitrogens is 3. The third kappa shape index (κ3) is 4.82. The van der Waals surface area contributed by atoms with Crippen LogP contribution in [-0.4, -0.2) is 77.9 Å². The molecule has 1 aromatic carbocycles. The number of nitrogens with zero attached hydrogens (tertiary/aromatic N) is 5. The Balaban J connectivity index is 1.42. The molecule has 0 spiro atoms. The summed E-state index contributed by atoms with van der Waals surface area (Å²) in [5.74, 6) is -2.11. The molecule has 0 unspecified atom stereocenters. The molecule has 3 aromatic rings. The summed E-state index contributed by atoms with van der Waals surface area (Å²) in [6.45, 7) is 5.82. The van der Waals surface area contributed by atoms with Crippen molar-refractivity contribution in [2.45, 2.75) is 70.3 Å². The Bertz CT molecular complexity index is 1670. The van der Waals surface area contributed by atoms with Crippen LogP contribution in [-0.2, 0) is 6.18 Å². The molecular formula is C31H36F5N7O2. The van der Waals surface area contributed by atoms with Crippen LogP contribution >= 0.6 is 0 Å². The van der Waals surface area contributed by atoms with Gasteiger partial charge in [-0.2, -0.15) is 23.1 Å². The number of anilines is 2. The number of pyridine rings is 1. The van der Waals surface area contributed by atoms with Crippen LogP contribution in [0.5, 0.6) is 11.9 Å². The first-order valence-corrected chi connectivity index (χ1v) is 15.4. The fourth-order valence-electron chi connectivity index (χ4n) is 8.06. The zero-order chi connectivity index (χ0) is 31.8. The molecule has 4 atom stereocenters. The van der Waals surface area contributed by atoms with Crippen molar-refractivity contribution in [1.29, 1.82) is 0 Å². The minimum atomic E-state index is -5.03. The molecule has 45 heavy (non-hydrogen) atoms. The highest BCUT2D eigenvalue weighted by Gasteiger charge is 2.48. The standard InChI is InChI=1S/C31H36F5N7O2/c1-15-22(31(34,35)36)17(12-18(37)23(15)32)25-24(33)26-21-27(43-11-9-38-13-19(43)16(2)45-28(21)39-25)41-29(40-26)44-14-30-7-4-6-20(30)42(3)10-5-8-30/h12,16,19-20,38H,4-11,13-14,37H2,1-3H3/t16-,19-,20-,30+/m0/s1. The third-order valence-corrected chi connectivity index (χ3v) is 10.2. The maximum atomic E-state index is 16.7. The molecule has 14 heteroatoms. The molecule has 1 saturated carbocycles. The largest absolute Gasteiger partial charge is 0.472 e. The normalized spacial score (nSPS) is 26.8. The van der Waals surface area contributed by atoms with E-state index in [4.69, 9.17) is 20.2 Å². The van der Waals surface area contributed by atoms with Gasteiger partial charge in [-0.1, -0.05) is 6.42 Å². The van der Waals surface area contributed by atoms with E-state index in [9.17, 15) is 17.6 Å². The van der Waals surface area contributed by atoms with Crippen LogP contribution in [0.1, 0.15) is 50.2 Å². The molecule has 0 amide bonds. The van der Waals surface area contributed by atoms with Crippen molar-refractivity contribution in [2.24, 2.45) is 5.41 Å². The molecule has 2 aromatic heterocycles. The maximum absolute atomic E-state index is 16.7. The highest BCUT2D eigenvalue weighted by Crippen LogP contribution is 2.49. The van der Waals surface area contributed by atoms with Crippen molar-refractivity contribution in [3.8, 4) is 23.1 Å². The van der Waals surface area contributed by atoms with Crippen molar-refractivity contribution in [3.05, 3.63) is 28.8 Å². The second-order valence-corrected chi connectivity index (χ2v) is 12.9. The number of nitrogen functional groups attached to an aromatic ring is 1. The van der Waals surface area contributed by atoms with E-state index in [-0.39, 0.29) is 34.3 Å². The second kappa shape index (κ2) is 10.8. The average molecular weight is 634 g/mol. The van der Waals surface area contributed by atoms with Crippen molar-refractivity contribution in [2.75, 3.05) is 50.5 Å². The van der Waals surface area contributed by atoms with E-state index in [1.165, 1.54) is 0 Å². The van der Waals surface area contributed by atoms with Crippen molar-refractivity contribution < 1.29 is 31.4 Å². The quantitative estimate of drug-likeness (QED) is 0.301. The highest BCUT2D eigenvalue weighted by molar-refractivity contribution is 5.97. The van der Waals surface area contributed by atoms with E-state index in [1.807, 2.05) is 11.8 Å². The molecule has 3 fully saturated rings. The highest BCUT2D eigenvalue weighted by atomic mass is 19.4. The molecule has 0 radical (unpaired) electrons. The average Bonchev–Trinajstić information content (AvgIpc) is 3.40. The van der Waals surface area contributed by atoms with Crippen LogP contribution < -0.4 is 25.4 Å². The first kappa shape index (κ1) is 30.2. The van der Waals surface area contributed by atoms with Gasteiger partial charge in [0.2, 0.25) is 5.88 Å². The number of piperidine rings is 1. The Kier molecular flexibility index (Phi) is 7.23. The topological polar surface area (TPSA) is 102 Å². The van der Waals surface area contributed by atoms with Crippen LogP contribution in [0.25, 0.3) is 22.2 Å². The smallest absolute Gasteiger partial charge is 0.417 e. The van der Waals surface area contributed by atoms with Crippen molar-refractivity contribution in [3.63, 3.8) is 0 Å². The Labute approximate surface area is 257 Å². The third-order valence-electron chi connectivity index (χ3n) is 10.2. The zero-order valence-corrected chi connectivity index (χ0v) is 25.4. The molecule has 9 nitrogen and oxygen atoms in total. The number of alkyl halides is 3. The minimum Gasteiger partial charge on any atom is -0.472 e. The molecule has 4 aliphatic rings. The number of benzene rings is 1. The lowest BCUT2D eigenvalue weighted by Gasteiger charge is -2.44. The summed E-state index contributed by atoms with van der Waals surface area (Å²) in [5.41, 5.74) is 1.32. The molecule has 7 rings (SSSR count). The molecular weight excluding hydrogens is 597 g/mol. The first-order chi connectivity index (χ1) is 21.4. The molecule has 3 N–H and O–H groups in total. The number of halogens is 5. The number of hydrogen-bond acceptors (Lipinski definition) is 9. The number of piperazine rings is 1. The summed E-state index contributed by atoms with van der Waals surface area (Å²) in [4.78, 5) is 17.9. The van der Waals surface area contributed by atoms with Crippen LogP contribution in [0, 0.1) is 24.0 Å². The monoisotopic (exact) mass is 633 g/mol. The lowest BCUT2D eigenvalue weighted by Crippen LogP contribution is -2.56. The number of rotatable bonds is 4. The van der Waals surface area contributed by atoms with Gasteiger partial charge in [0.05, 0.1) is 23.9 Å². The zero-order valence-electron chi connectivity index (χ0n) is 25.4. The molecule has 0 bridgehead atoms. The van der Waals surface area contributed by atoms with Gasteiger partial charge in [-0.3, -0.25) is 0 Å². The molecule has 2 saturated heterocycles. The van der Waals surface area contributed by atoms with Gasteiger partial charge < -0.3 is 30.3 Å². The lowest BCUT2D eigenvalue weighted by molar-refractivity contribution is -0.137. The predicted molar refractivity (Wildman–Crippen MR) is 158 cm³/mol. The van der Waals surface area contributed by atoms with E-state index in [0.717, 1.165) is 51.6 Å². The first-order valence-electron chi connectivity index (χ1n) is 15.4. The molecule has 1 aliphatic carbocycles. The maximum Gasteiger partial charge on any atom is 0.417 e. The van der Waals surface area contributed by atoms with Crippen LogP contribution in [0.3, 0.4) is 0 Å². The van der Waals surface area contributed by atoms with Crippen LogP contribution in [0.2, 0.25) is 0 Å². The van der Waals surface area contributed by atoms with Gasteiger partial charge in [0.25, 0.3) is 0 Å². The number of likely N-dealkylation sites (tertiary alicyclic amines) is 1. The van der Waals surface area contributed by atoms with Gasteiger partial charge in [-0.15, -0.1) is 0 Å². The summed E-state index contributed by atoms with van der Waals surface area (Å²) < 4.78 is 87.0. The number of nitrogens with two attached hydrogens (primary N) is 1. The van der Waals surface area contributed by atoms with Crippen molar-refractivity contribution >= 4 is 22.4 Å². The molecule has 5 heterocycles. The molecule has 3 aliphatic heterocycles. The molecule has 242 valence electrons. The second-order valence-electron chi connectivity index (χ2n) is 12.9. The van der Waals surface area contributed by atoms with E-state index in [2.05, 4.69) is 27.2 Å². The number of nitrogens with one attached hydrogen (secondary N) is 1. The van der Waals surface area contributed by atoms with E-state index < -0.39 is 52.0 Å². The van der Waals surface area contributed by atoms with Gasteiger partial charge in [-0.05, 0) is 64.8 Å². The summed E-state index contributed by atoms with van der Waals surface area (Å²) in [6, 6.07) is 0.822. The van der Waals surface area contributed by atoms with E-state index >= 15 is 4.39 Å². The summed E-state index contributed by atoms with van der Waals surface area (Å²) in [7, 11) is 2.13. The number of hydrogen-bond donors (Lipinski definition) is 2. The number of fused-ring (bicyclic) bond motifs is 3. The Morgan fingerprint density at radius 3 is 2.69 bits per heavy atom. The SMILES string of the molecule is Cc1c(F)c(N)cc(-c2nc3c4c(nc(OC[C@]56CCC[C@@H]5N(C)CCC6)nc4c2F)N2CCNC[C@H]2[C@H](C)O3)c1C(F)(F)F. The Hall–Kier alpha value is -3.52. The van der Waals surface area contributed by atoms with Gasteiger partial charge >= 0.3 is 12.2 Å². The van der Waals surface area contributed by atoms with Crippen LogP contribution in [0.4, 0.5) is 33.5 Å². The van der Waals surface area contributed by atoms with Gasteiger partial charge in [0.15, 0.2) is 5.82 Å². The van der Waals surface area contributed by atoms with E-state index in [1.54, 1.807) is 0 Å². The fourth-order valence-corrected chi connectivity index (χ4v) is 8.06. The van der Waals surface area contributed by atoms with Gasteiger partial charge in [0.1, 0.15) is 34.3 Å². The fraction of sp³-hybridized carbons (Fsp3) is 0.581. The Morgan fingerprint density at radius 1 is 1.13 bits per heavy atom. The van der Waals surface area contributed by atoms with Crippen LogP contribution in [0.15, 0.2) is 6.07 Å². The Morgan fingerprint density at radius 2 is 1.91 bits per heavy atom. The number of ether oxygens (including phenoxy) is 2. The minimum absolute atomic E-state index is 0.0644. The summed E-state index contributed by atoms with van der Waals surface area (Å²) in [5, 5.41) is 3.48.